The molecule has 0 saturated heterocycles. The molecule has 0 radical (unpaired) electrons. The molecule has 22 heavy (non-hydrogen) atoms. The first-order chi connectivity index (χ1) is 10.8. The Morgan fingerprint density at radius 3 is 2.55 bits per heavy atom. The largest absolute Gasteiger partial charge is 0.289 e. The fraction of sp³-hybridized carbons (Fsp3) is 0. The number of para-hydroxylation sites is 1. The summed E-state index contributed by atoms with van der Waals surface area (Å²) in [7, 11) is 0. The van der Waals surface area contributed by atoms with Crippen molar-refractivity contribution in [3.05, 3.63) is 83.6 Å². The van der Waals surface area contributed by atoms with Crippen molar-refractivity contribution in [3.63, 3.8) is 0 Å². The summed E-state index contributed by atoms with van der Waals surface area (Å²) in [4.78, 5) is 16.6. The molecule has 0 amide bonds. The van der Waals surface area contributed by atoms with Crippen molar-refractivity contribution in [2.45, 2.75) is 0 Å². The first-order valence-electron chi connectivity index (χ1n) is 6.85. The van der Waals surface area contributed by atoms with Crippen molar-refractivity contribution >= 4 is 22.8 Å². The number of pyridine rings is 1. The fourth-order valence-electron chi connectivity index (χ4n) is 2.14. The molecule has 0 saturated carbocycles. The molecule has 2 aromatic carbocycles. The maximum Gasteiger partial charge on any atom is 0.185 e. The number of carbonyl (C=O) groups excluding carboxylic acids is 1. The molecule has 3 aromatic rings. The third-order valence-electron chi connectivity index (χ3n) is 3.32. The Bertz CT molecular complexity index is 903. The number of carbonyl (C=O) groups is 1. The molecule has 1 aromatic heterocycles. The Hall–Kier alpha value is -3.25. The van der Waals surface area contributed by atoms with E-state index in [1.165, 1.54) is 6.08 Å². The molecule has 0 N–H and O–H groups in total. The van der Waals surface area contributed by atoms with Crippen LogP contribution in [0.1, 0.15) is 21.6 Å². The van der Waals surface area contributed by atoms with E-state index in [0.717, 1.165) is 16.6 Å². The Morgan fingerprint density at radius 1 is 1.00 bits per heavy atom. The number of hydrogen-bond donors (Lipinski definition) is 0. The monoisotopic (exact) mass is 284 g/mol. The molecule has 3 rings (SSSR count). The number of benzene rings is 2. The van der Waals surface area contributed by atoms with Crippen LogP contribution in [0.25, 0.3) is 17.0 Å². The molecule has 0 atom stereocenters. The van der Waals surface area contributed by atoms with Gasteiger partial charge in [0.1, 0.15) is 0 Å². The quantitative estimate of drug-likeness (QED) is 0.539. The van der Waals surface area contributed by atoms with E-state index in [4.69, 9.17) is 5.26 Å². The van der Waals surface area contributed by atoms with Gasteiger partial charge in [-0.1, -0.05) is 24.3 Å². The van der Waals surface area contributed by atoms with Crippen LogP contribution < -0.4 is 0 Å². The minimum absolute atomic E-state index is 0.112. The second-order valence-electron chi connectivity index (χ2n) is 4.82. The van der Waals surface area contributed by atoms with Crippen molar-refractivity contribution in [2.24, 2.45) is 0 Å². The molecule has 3 nitrogen and oxygen atoms in total. The maximum atomic E-state index is 12.1. The van der Waals surface area contributed by atoms with Gasteiger partial charge in [-0.3, -0.25) is 4.79 Å². The molecule has 0 unspecified atom stereocenters. The first-order valence-corrected chi connectivity index (χ1v) is 6.85. The van der Waals surface area contributed by atoms with Crippen LogP contribution in [0.4, 0.5) is 0 Å². The molecule has 104 valence electrons. The summed E-state index contributed by atoms with van der Waals surface area (Å²) >= 11 is 0. The minimum Gasteiger partial charge on any atom is -0.289 e. The van der Waals surface area contributed by atoms with Crippen molar-refractivity contribution in [2.75, 3.05) is 0 Å². The van der Waals surface area contributed by atoms with Gasteiger partial charge in [0.15, 0.2) is 5.78 Å². The average Bonchev–Trinajstić information content (AvgIpc) is 2.59. The van der Waals surface area contributed by atoms with Crippen molar-refractivity contribution in [3.8, 4) is 6.07 Å². The molecule has 0 bridgehead atoms. The molecular formula is C19H12N2O. The molecule has 1 heterocycles. The zero-order valence-electron chi connectivity index (χ0n) is 11.7. The van der Waals surface area contributed by atoms with E-state index in [1.54, 1.807) is 30.3 Å². The van der Waals surface area contributed by atoms with Crippen molar-refractivity contribution in [1.29, 1.82) is 5.26 Å². The Labute approximate surface area is 128 Å². The lowest BCUT2D eigenvalue weighted by atomic mass is 10.1. The van der Waals surface area contributed by atoms with Crippen LogP contribution in [0.2, 0.25) is 0 Å². The number of hydrogen-bond acceptors (Lipinski definition) is 3. The normalized spacial score (nSPS) is 10.7. The van der Waals surface area contributed by atoms with Crippen LogP contribution in [0.3, 0.4) is 0 Å². The first kappa shape index (κ1) is 13.7. The number of nitrogens with zero attached hydrogens (tertiary/aromatic N) is 2. The summed E-state index contributed by atoms with van der Waals surface area (Å²) in [5.74, 6) is -0.112. The van der Waals surface area contributed by atoms with Crippen LogP contribution >= 0.6 is 0 Å². The Kier molecular flexibility index (Phi) is 3.76. The van der Waals surface area contributed by atoms with Gasteiger partial charge in [-0.05, 0) is 48.6 Å². The highest BCUT2D eigenvalue weighted by molar-refractivity contribution is 6.06. The lowest BCUT2D eigenvalue weighted by Crippen LogP contribution is -1.94. The SMILES string of the molecule is N#Cc1ccc(C(=O)/C=C/c2ccc3ccccc3n2)cc1. The number of ketones is 1. The lowest BCUT2D eigenvalue weighted by Gasteiger charge is -1.99. The van der Waals surface area contributed by atoms with Gasteiger partial charge < -0.3 is 0 Å². The second kappa shape index (κ2) is 6.02. The number of allylic oxidation sites excluding steroid dienone is 1. The topological polar surface area (TPSA) is 53.8 Å². The summed E-state index contributed by atoms with van der Waals surface area (Å²) in [6.07, 6.45) is 3.20. The number of nitriles is 1. The lowest BCUT2D eigenvalue weighted by molar-refractivity contribution is 0.104. The highest BCUT2D eigenvalue weighted by Crippen LogP contribution is 2.13. The van der Waals surface area contributed by atoms with Gasteiger partial charge in [0.05, 0.1) is 22.8 Å². The number of fused-ring (bicyclic) bond motifs is 1. The van der Waals surface area contributed by atoms with Crippen LogP contribution in [0.5, 0.6) is 0 Å². The molecule has 0 spiro atoms. The molecule has 0 aliphatic rings. The Morgan fingerprint density at radius 2 is 1.77 bits per heavy atom. The predicted molar refractivity (Wildman–Crippen MR) is 86.3 cm³/mol. The van der Waals surface area contributed by atoms with Crippen LogP contribution in [-0.4, -0.2) is 10.8 Å². The van der Waals surface area contributed by atoms with E-state index >= 15 is 0 Å². The zero-order valence-corrected chi connectivity index (χ0v) is 11.7. The zero-order chi connectivity index (χ0) is 15.4. The summed E-state index contributed by atoms with van der Waals surface area (Å²) in [6, 6.07) is 20.3. The van der Waals surface area contributed by atoms with Crippen LogP contribution in [0, 0.1) is 11.3 Å². The molecule has 0 fully saturated rings. The van der Waals surface area contributed by atoms with Gasteiger partial charge in [0.2, 0.25) is 0 Å². The van der Waals surface area contributed by atoms with E-state index in [1.807, 2.05) is 42.5 Å². The predicted octanol–water partition coefficient (Wildman–Crippen LogP) is 4.00. The fourth-order valence-corrected chi connectivity index (χ4v) is 2.14. The molecule has 3 heteroatoms. The highest BCUT2D eigenvalue weighted by atomic mass is 16.1. The molecular weight excluding hydrogens is 272 g/mol. The minimum atomic E-state index is -0.112. The van der Waals surface area contributed by atoms with Crippen LogP contribution in [-0.2, 0) is 0 Å². The van der Waals surface area contributed by atoms with Gasteiger partial charge in [-0.25, -0.2) is 4.98 Å². The van der Waals surface area contributed by atoms with Gasteiger partial charge >= 0.3 is 0 Å². The van der Waals surface area contributed by atoms with Gasteiger partial charge in [-0.15, -0.1) is 0 Å². The number of aromatic nitrogens is 1. The van der Waals surface area contributed by atoms with E-state index in [2.05, 4.69) is 4.98 Å². The Balaban J connectivity index is 1.82. The van der Waals surface area contributed by atoms with Gasteiger partial charge in [0, 0.05) is 10.9 Å². The van der Waals surface area contributed by atoms with E-state index < -0.39 is 0 Å². The molecule has 0 aliphatic carbocycles. The molecule has 0 aliphatic heterocycles. The smallest absolute Gasteiger partial charge is 0.185 e. The van der Waals surface area contributed by atoms with Gasteiger partial charge in [-0.2, -0.15) is 5.26 Å². The highest BCUT2D eigenvalue weighted by Gasteiger charge is 2.02. The summed E-state index contributed by atoms with van der Waals surface area (Å²) < 4.78 is 0. The third kappa shape index (κ3) is 2.92. The maximum absolute atomic E-state index is 12.1. The number of rotatable bonds is 3. The second-order valence-corrected chi connectivity index (χ2v) is 4.82. The van der Waals surface area contributed by atoms with Crippen LogP contribution in [0.15, 0.2) is 66.7 Å². The standard InChI is InChI=1S/C19H12N2O/c20-13-14-5-7-16(8-6-14)19(22)12-11-17-10-9-15-3-1-2-4-18(15)21-17/h1-12H/b12-11+. The van der Waals surface area contributed by atoms with Crippen molar-refractivity contribution in [1.82, 2.24) is 4.98 Å². The average molecular weight is 284 g/mol. The van der Waals surface area contributed by atoms with E-state index in [0.29, 0.717) is 11.1 Å². The third-order valence-corrected chi connectivity index (χ3v) is 3.32. The summed E-state index contributed by atoms with van der Waals surface area (Å²) in [5.41, 5.74) is 2.73. The summed E-state index contributed by atoms with van der Waals surface area (Å²) in [5, 5.41) is 9.82. The van der Waals surface area contributed by atoms with Crippen molar-refractivity contribution < 1.29 is 4.79 Å². The van der Waals surface area contributed by atoms with Gasteiger partial charge in [0.25, 0.3) is 0 Å². The van der Waals surface area contributed by atoms with E-state index in [9.17, 15) is 4.79 Å². The summed E-state index contributed by atoms with van der Waals surface area (Å²) in [6.45, 7) is 0. The van der Waals surface area contributed by atoms with E-state index in [-0.39, 0.29) is 5.78 Å².